The number of hydrogen-bond donors (Lipinski definition) is 0. The van der Waals surface area contributed by atoms with Crippen molar-refractivity contribution in [2.75, 3.05) is 37.7 Å². The highest BCUT2D eigenvalue weighted by atomic mass is 32.2. The summed E-state index contributed by atoms with van der Waals surface area (Å²) < 4.78 is 23.7. The van der Waals surface area contributed by atoms with Gasteiger partial charge in [-0.3, -0.25) is 9.69 Å². The average molecular weight is 407 g/mol. The number of amides is 1. The van der Waals surface area contributed by atoms with Gasteiger partial charge in [-0.1, -0.05) is 43.7 Å². The zero-order valence-electron chi connectivity index (χ0n) is 17.1. The standard InChI is InChI=1S/C22H34N2O3S/c1-2-3-12-24(21-11-15-28(26,27)18-21)17-22(25)23-13-9-20(10-14-23)16-19-7-5-4-6-8-19/h4-8,20-21H,2-3,9-18H2,1H3. The van der Waals surface area contributed by atoms with Crippen LogP contribution in [0.5, 0.6) is 0 Å². The van der Waals surface area contributed by atoms with Gasteiger partial charge in [-0.15, -0.1) is 0 Å². The van der Waals surface area contributed by atoms with E-state index in [4.69, 9.17) is 0 Å². The summed E-state index contributed by atoms with van der Waals surface area (Å²) in [5, 5.41) is 0. The molecular formula is C22H34N2O3S. The van der Waals surface area contributed by atoms with Gasteiger partial charge in [-0.2, -0.15) is 0 Å². The second-order valence-corrected chi connectivity index (χ2v) is 10.6. The lowest BCUT2D eigenvalue weighted by atomic mass is 9.90. The smallest absolute Gasteiger partial charge is 0.236 e. The average Bonchev–Trinajstić information content (AvgIpc) is 3.06. The maximum atomic E-state index is 12.9. The van der Waals surface area contributed by atoms with Gasteiger partial charge in [0.1, 0.15) is 0 Å². The van der Waals surface area contributed by atoms with E-state index >= 15 is 0 Å². The van der Waals surface area contributed by atoms with Crippen molar-refractivity contribution in [3.05, 3.63) is 35.9 Å². The minimum absolute atomic E-state index is 0.0103. The third kappa shape index (κ3) is 6.05. The SMILES string of the molecule is CCCCN(CC(=O)N1CCC(Cc2ccccc2)CC1)C1CCS(=O)(=O)C1. The van der Waals surface area contributed by atoms with Gasteiger partial charge in [0.05, 0.1) is 18.1 Å². The zero-order chi connectivity index (χ0) is 20.0. The third-order valence-corrected chi connectivity index (χ3v) is 7.95. The number of carbonyl (C=O) groups is 1. The first-order chi connectivity index (χ1) is 13.5. The fourth-order valence-electron chi connectivity index (χ4n) is 4.42. The fraction of sp³-hybridized carbons (Fsp3) is 0.682. The largest absolute Gasteiger partial charge is 0.342 e. The molecule has 0 spiro atoms. The van der Waals surface area contributed by atoms with Gasteiger partial charge in [0.2, 0.25) is 5.91 Å². The lowest BCUT2D eigenvalue weighted by molar-refractivity contribution is -0.134. The highest BCUT2D eigenvalue weighted by Gasteiger charge is 2.34. The van der Waals surface area contributed by atoms with Crippen molar-refractivity contribution in [2.24, 2.45) is 5.92 Å². The molecule has 0 radical (unpaired) electrons. The molecule has 3 rings (SSSR count). The first-order valence-electron chi connectivity index (χ1n) is 10.7. The summed E-state index contributed by atoms with van der Waals surface area (Å²) in [5.74, 6) is 1.28. The Morgan fingerprint density at radius 2 is 1.86 bits per heavy atom. The number of piperidine rings is 1. The van der Waals surface area contributed by atoms with Gasteiger partial charge in [-0.05, 0) is 50.1 Å². The Hall–Kier alpha value is -1.40. The van der Waals surface area contributed by atoms with E-state index in [0.29, 0.717) is 18.9 Å². The molecule has 2 saturated heterocycles. The molecule has 5 nitrogen and oxygen atoms in total. The molecule has 0 bridgehead atoms. The Bertz CT molecular complexity index is 727. The second kappa shape index (κ2) is 9.88. The molecule has 156 valence electrons. The van der Waals surface area contributed by atoms with E-state index < -0.39 is 9.84 Å². The summed E-state index contributed by atoms with van der Waals surface area (Å²) in [6.45, 7) is 4.95. The molecule has 2 heterocycles. The van der Waals surface area contributed by atoms with Gasteiger partial charge >= 0.3 is 0 Å². The quantitative estimate of drug-likeness (QED) is 0.666. The second-order valence-electron chi connectivity index (χ2n) is 8.39. The molecule has 0 N–H and O–H groups in total. The molecule has 6 heteroatoms. The van der Waals surface area contributed by atoms with E-state index in [2.05, 4.69) is 36.1 Å². The maximum Gasteiger partial charge on any atom is 0.236 e. The van der Waals surface area contributed by atoms with Gasteiger partial charge in [0, 0.05) is 19.1 Å². The fourth-order valence-corrected chi connectivity index (χ4v) is 6.18. The van der Waals surface area contributed by atoms with Crippen LogP contribution in [-0.2, 0) is 21.1 Å². The van der Waals surface area contributed by atoms with E-state index in [1.807, 2.05) is 11.0 Å². The maximum absolute atomic E-state index is 12.9. The number of carbonyl (C=O) groups excluding carboxylic acids is 1. The van der Waals surface area contributed by atoms with Crippen molar-refractivity contribution in [1.82, 2.24) is 9.80 Å². The van der Waals surface area contributed by atoms with Crippen LogP contribution in [0.1, 0.15) is 44.6 Å². The van der Waals surface area contributed by atoms with Gasteiger partial charge in [0.25, 0.3) is 0 Å². The molecular weight excluding hydrogens is 372 g/mol. The van der Waals surface area contributed by atoms with Crippen molar-refractivity contribution >= 4 is 15.7 Å². The van der Waals surface area contributed by atoms with Crippen molar-refractivity contribution in [2.45, 2.75) is 51.5 Å². The molecule has 1 unspecified atom stereocenters. The highest BCUT2D eigenvalue weighted by molar-refractivity contribution is 7.91. The minimum Gasteiger partial charge on any atom is -0.342 e. The molecule has 1 aromatic carbocycles. The Morgan fingerprint density at radius 1 is 1.14 bits per heavy atom. The number of unbranched alkanes of at least 4 members (excludes halogenated alkanes) is 1. The number of nitrogens with zero attached hydrogens (tertiary/aromatic N) is 2. The lowest BCUT2D eigenvalue weighted by Crippen LogP contribution is -2.47. The summed E-state index contributed by atoms with van der Waals surface area (Å²) >= 11 is 0. The Kier molecular flexibility index (Phi) is 7.52. The molecule has 0 aromatic heterocycles. The van der Waals surface area contributed by atoms with Crippen LogP contribution in [0.2, 0.25) is 0 Å². The van der Waals surface area contributed by atoms with Crippen LogP contribution in [0.4, 0.5) is 0 Å². The van der Waals surface area contributed by atoms with Crippen LogP contribution >= 0.6 is 0 Å². The van der Waals surface area contributed by atoms with Crippen molar-refractivity contribution in [3.63, 3.8) is 0 Å². The first kappa shape index (κ1) is 21.3. The first-order valence-corrected chi connectivity index (χ1v) is 12.5. The summed E-state index contributed by atoms with van der Waals surface area (Å²) in [4.78, 5) is 17.0. The third-order valence-electron chi connectivity index (χ3n) is 6.20. The van der Waals surface area contributed by atoms with Crippen LogP contribution in [0.3, 0.4) is 0 Å². The summed E-state index contributed by atoms with van der Waals surface area (Å²) in [6, 6.07) is 10.6. The van der Waals surface area contributed by atoms with Gasteiger partial charge in [0.15, 0.2) is 9.84 Å². The Morgan fingerprint density at radius 3 is 2.46 bits per heavy atom. The molecule has 2 aliphatic rings. The normalized spacial score (nSPS) is 22.6. The Balaban J connectivity index is 1.50. The van der Waals surface area contributed by atoms with Crippen LogP contribution in [0.25, 0.3) is 0 Å². The zero-order valence-corrected chi connectivity index (χ0v) is 17.9. The van der Waals surface area contributed by atoms with E-state index in [9.17, 15) is 13.2 Å². The van der Waals surface area contributed by atoms with Crippen molar-refractivity contribution in [1.29, 1.82) is 0 Å². The molecule has 1 amide bonds. The topological polar surface area (TPSA) is 57.7 Å². The number of rotatable bonds is 8. The number of benzene rings is 1. The monoisotopic (exact) mass is 406 g/mol. The van der Waals surface area contributed by atoms with E-state index in [1.165, 1.54) is 5.56 Å². The van der Waals surface area contributed by atoms with Gasteiger partial charge < -0.3 is 4.90 Å². The van der Waals surface area contributed by atoms with Crippen LogP contribution in [0.15, 0.2) is 30.3 Å². The van der Waals surface area contributed by atoms with E-state index in [1.54, 1.807) is 0 Å². The molecule has 2 fully saturated rings. The molecule has 28 heavy (non-hydrogen) atoms. The minimum atomic E-state index is -2.93. The summed E-state index contributed by atoms with van der Waals surface area (Å²) in [6.07, 6.45) is 5.91. The van der Waals surface area contributed by atoms with Crippen LogP contribution in [-0.4, -0.2) is 67.9 Å². The molecule has 1 aromatic rings. The van der Waals surface area contributed by atoms with Crippen LogP contribution in [0, 0.1) is 5.92 Å². The lowest BCUT2D eigenvalue weighted by Gasteiger charge is -2.35. The molecule has 0 saturated carbocycles. The number of hydrogen-bond acceptors (Lipinski definition) is 4. The molecule has 2 aliphatic heterocycles. The van der Waals surface area contributed by atoms with Crippen LogP contribution < -0.4 is 0 Å². The predicted octanol–water partition coefficient (Wildman–Crippen LogP) is 2.76. The van der Waals surface area contributed by atoms with Crippen molar-refractivity contribution in [3.8, 4) is 0 Å². The summed E-state index contributed by atoms with van der Waals surface area (Å²) in [7, 11) is -2.93. The molecule has 0 aliphatic carbocycles. The van der Waals surface area contributed by atoms with Gasteiger partial charge in [-0.25, -0.2) is 8.42 Å². The Labute approximate surface area is 170 Å². The summed E-state index contributed by atoms with van der Waals surface area (Å²) in [5.41, 5.74) is 1.38. The number of sulfone groups is 1. The van der Waals surface area contributed by atoms with E-state index in [0.717, 1.165) is 51.7 Å². The number of likely N-dealkylation sites (tertiary alicyclic amines) is 1. The highest BCUT2D eigenvalue weighted by Crippen LogP contribution is 2.23. The molecule has 1 atom stereocenters. The predicted molar refractivity (Wildman–Crippen MR) is 113 cm³/mol. The van der Waals surface area contributed by atoms with E-state index in [-0.39, 0.29) is 23.5 Å². The van der Waals surface area contributed by atoms with Crippen molar-refractivity contribution < 1.29 is 13.2 Å².